The number of halogens is 1. The molecule has 1 aromatic heterocycles. The van der Waals surface area contributed by atoms with Gasteiger partial charge in [0.2, 0.25) is 11.1 Å². The first-order valence-electron chi connectivity index (χ1n) is 7.60. The third kappa shape index (κ3) is 4.27. The maximum absolute atomic E-state index is 12.1. The Morgan fingerprint density at radius 2 is 1.88 bits per heavy atom. The Bertz CT molecular complexity index is 897. The Morgan fingerprint density at radius 1 is 1.19 bits per heavy atom. The Kier molecular flexibility index (Phi) is 5.65. The molecule has 0 aliphatic carbocycles. The summed E-state index contributed by atoms with van der Waals surface area (Å²) >= 11 is 7.08. The molecule has 9 heteroatoms. The van der Waals surface area contributed by atoms with Crippen LogP contribution in [0, 0.1) is 0 Å². The number of thioether (sulfide) groups is 1. The van der Waals surface area contributed by atoms with Gasteiger partial charge in [-0.25, -0.2) is 4.68 Å². The van der Waals surface area contributed by atoms with Gasteiger partial charge in [-0.2, -0.15) is 0 Å². The van der Waals surface area contributed by atoms with E-state index in [2.05, 4.69) is 15.5 Å². The van der Waals surface area contributed by atoms with Crippen molar-refractivity contribution in [1.82, 2.24) is 14.9 Å². The zero-order valence-corrected chi connectivity index (χ0v) is 15.4. The van der Waals surface area contributed by atoms with E-state index in [9.17, 15) is 4.79 Å². The molecule has 3 aromatic rings. The molecule has 0 aliphatic heterocycles. The maximum Gasteiger partial charge on any atom is 0.234 e. The highest BCUT2D eigenvalue weighted by atomic mass is 35.5. The molecule has 1 amide bonds. The summed E-state index contributed by atoms with van der Waals surface area (Å²) in [5, 5.41) is 12.0. The number of hydrogen-bond donors (Lipinski definition) is 2. The molecule has 3 rings (SSSR count). The van der Waals surface area contributed by atoms with Crippen LogP contribution in [0.3, 0.4) is 0 Å². The van der Waals surface area contributed by atoms with Crippen LogP contribution in [0.1, 0.15) is 0 Å². The van der Waals surface area contributed by atoms with Gasteiger partial charge in [0.05, 0.1) is 12.9 Å². The Hall–Kier alpha value is -2.71. The molecule has 0 radical (unpaired) electrons. The number of nitrogen functional groups attached to an aromatic ring is 1. The smallest absolute Gasteiger partial charge is 0.234 e. The number of carbonyl (C=O) groups excluding carboxylic acids is 1. The Morgan fingerprint density at radius 3 is 2.54 bits per heavy atom. The fourth-order valence-electron chi connectivity index (χ4n) is 2.17. The van der Waals surface area contributed by atoms with E-state index in [1.807, 2.05) is 0 Å². The molecule has 26 heavy (non-hydrogen) atoms. The molecule has 134 valence electrons. The van der Waals surface area contributed by atoms with Crippen molar-refractivity contribution in [3.8, 4) is 17.1 Å². The van der Waals surface area contributed by atoms with Crippen molar-refractivity contribution in [2.24, 2.45) is 0 Å². The summed E-state index contributed by atoms with van der Waals surface area (Å²) in [5.41, 5.74) is 1.48. The minimum absolute atomic E-state index is 0.155. The van der Waals surface area contributed by atoms with Crippen molar-refractivity contribution in [3.05, 3.63) is 53.6 Å². The number of amides is 1. The van der Waals surface area contributed by atoms with Crippen molar-refractivity contribution in [1.29, 1.82) is 0 Å². The topological polar surface area (TPSA) is 95.1 Å². The van der Waals surface area contributed by atoms with E-state index < -0.39 is 0 Å². The van der Waals surface area contributed by atoms with E-state index in [-0.39, 0.29) is 11.7 Å². The van der Waals surface area contributed by atoms with Crippen LogP contribution in [0.5, 0.6) is 5.75 Å². The number of aromatic nitrogens is 3. The Balaban J connectivity index is 1.60. The van der Waals surface area contributed by atoms with Gasteiger partial charge in [0.15, 0.2) is 5.82 Å². The van der Waals surface area contributed by atoms with Crippen LogP contribution < -0.4 is 15.9 Å². The van der Waals surface area contributed by atoms with Crippen LogP contribution in [-0.4, -0.2) is 33.6 Å². The number of ether oxygens (including phenoxy) is 1. The van der Waals surface area contributed by atoms with Crippen LogP contribution in [0.15, 0.2) is 53.7 Å². The lowest BCUT2D eigenvalue weighted by molar-refractivity contribution is -0.113. The van der Waals surface area contributed by atoms with E-state index in [1.165, 1.54) is 16.4 Å². The second-order valence-electron chi connectivity index (χ2n) is 5.25. The molecule has 0 saturated carbocycles. The van der Waals surface area contributed by atoms with Gasteiger partial charge >= 0.3 is 0 Å². The van der Waals surface area contributed by atoms with Gasteiger partial charge in [-0.3, -0.25) is 4.79 Å². The summed E-state index contributed by atoms with van der Waals surface area (Å²) in [5.74, 6) is 7.25. The predicted octanol–water partition coefficient (Wildman–Crippen LogP) is 3.05. The number of anilines is 1. The first kappa shape index (κ1) is 18.1. The van der Waals surface area contributed by atoms with Gasteiger partial charge in [0, 0.05) is 16.3 Å². The number of nitrogens with zero attached hydrogens (tertiary/aromatic N) is 3. The molecule has 0 saturated heterocycles. The lowest BCUT2D eigenvalue weighted by Crippen LogP contribution is -2.16. The lowest BCUT2D eigenvalue weighted by Gasteiger charge is -2.06. The van der Waals surface area contributed by atoms with Gasteiger partial charge in [0.25, 0.3) is 0 Å². The SMILES string of the molecule is COc1ccc(NC(=O)CSc2nnc(-c3ccc(Cl)cc3)n2N)cc1. The second-order valence-corrected chi connectivity index (χ2v) is 6.63. The molecule has 0 fully saturated rings. The highest BCUT2D eigenvalue weighted by molar-refractivity contribution is 7.99. The standard InChI is InChI=1S/C17H16ClN5O2S/c1-25-14-8-6-13(7-9-14)20-15(24)10-26-17-22-21-16(23(17)19)11-2-4-12(18)5-3-11/h2-9H,10,19H2,1H3,(H,20,24). The molecule has 0 spiro atoms. The third-order valence-electron chi connectivity index (χ3n) is 3.47. The van der Waals surface area contributed by atoms with Crippen LogP contribution in [0.2, 0.25) is 5.02 Å². The summed E-state index contributed by atoms with van der Waals surface area (Å²) in [6, 6.07) is 14.2. The largest absolute Gasteiger partial charge is 0.497 e. The van der Waals surface area contributed by atoms with Crippen LogP contribution >= 0.6 is 23.4 Å². The van der Waals surface area contributed by atoms with E-state index in [0.717, 1.165) is 11.3 Å². The van der Waals surface area contributed by atoms with Gasteiger partial charge in [-0.1, -0.05) is 23.4 Å². The zero-order chi connectivity index (χ0) is 18.5. The highest BCUT2D eigenvalue weighted by Gasteiger charge is 2.14. The summed E-state index contributed by atoms with van der Waals surface area (Å²) < 4.78 is 6.44. The molecule has 0 bridgehead atoms. The van der Waals surface area contributed by atoms with Crippen molar-refractivity contribution < 1.29 is 9.53 Å². The van der Waals surface area contributed by atoms with Gasteiger partial charge in [0.1, 0.15) is 5.75 Å². The molecule has 3 N–H and O–H groups in total. The lowest BCUT2D eigenvalue weighted by atomic mass is 10.2. The molecule has 0 atom stereocenters. The average molecular weight is 390 g/mol. The van der Waals surface area contributed by atoms with E-state index in [4.69, 9.17) is 22.2 Å². The van der Waals surface area contributed by atoms with Gasteiger partial charge < -0.3 is 15.9 Å². The van der Waals surface area contributed by atoms with Crippen LogP contribution in [-0.2, 0) is 4.79 Å². The number of nitrogens with two attached hydrogens (primary N) is 1. The van der Waals surface area contributed by atoms with Crippen molar-refractivity contribution in [2.45, 2.75) is 5.16 Å². The van der Waals surface area contributed by atoms with E-state index >= 15 is 0 Å². The van der Waals surface area contributed by atoms with Crippen LogP contribution in [0.4, 0.5) is 5.69 Å². The normalized spacial score (nSPS) is 10.5. The maximum atomic E-state index is 12.1. The quantitative estimate of drug-likeness (QED) is 0.497. The zero-order valence-electron chi connectivity index (χ0n) is 13.8. The van der Waals surface area contributed by atoms with Crippen LogP contribution in [0.25, 0.3) is 11.4 Å². The fourth-order valence-corrected chi connectivity index (χ4v) is 2.96. The summed E-state index contributed by atoms with van der Waals surface area (Å²) in [4.78, 5) is 12.1. The summed E-state index contributed by atoms with van der Waals surface area (Å²) in [7, 11) is 1.59. The number of nitrogens with one attached hydrogen (secondary N) is 1. The average Bonchev–Trinajstić information content (AvgIpc) is 3.02. The molecular weight excluding hydrogens is 374 g/mol. The molecule has 0 aliphatic rings. The number of rotatable bonds is 6. The molecule has 7 nitrogen and oxygen atoms in total. The summed E-state index contributed by atoms with van der Waals surface area (Å²) in [6.45, 7) is 0. The second kappa shape index (κ2) is 8.11. The van der Waals surface area contributed by atoms with Crippen molar-refractivity contribution in [3.63, 3.8) is 0 Å². The summed E-state index contributed by atoms with van der Waals surface area (Å²) in [6.07, 6.45) is 0. The molecule has 1 heterocycles. The van der Waals surface area contributed by atoms with Gasteiger partial charge in [-0.05, 0) is 48.5 Å². The first-order valence-corrected chi connectivity index (χ1v) is 8.96. The van der Waals surface area contributed by atoms with E-state index in [1.54, 1.807) is 55.6 Å². The minimum Gasteiger partial charge on any atom is -0.497 e. The fraction of sp³-hybridized carbons (Fsp3) is 0.118. The number of hydrogen-bond acceptors (Lipinski definition) is 6. The highest BCUT2D eigenvalue weighted by Crippen LogP contribution is 2.23. The number of methoxy groups -OCH3 is 1. The first-order chi connectivity index (χ1) is 12.6. The minimum atomic E-state index is -0.170. The van der Waals surface area contributed by atoms with Crippen molar-refractivity contribution in [2.75, 3.05) is 24.0 Å². The molecule has 2 aromatic carbocycles. The van der Waals surface area contributed by atoms with Gasteiger partial charge in [-0.15, -0.1) is 10.2 Å². The predicted molar refractivity (Wildman–Crippen MR) is 103 cm³/mol. The molecular formula is C17H16ClN5O2S. The monoisotopic (exact) mass is 389 g/mol. The number of benzene rings is 2. The molecule has 0 unspecified atom stereocenters. The third-order valence-corrected chi connectivity index (χ3v) is 4.67. The van der Waals surface area contributed by atoms with Crippen molar-refractivity contribution >= 4 is 35.0 Å². The van der Waals surface area contributed by atoms with E-state index in [0.29, 0.717) is 21.7 Å². The Labute approximate surface area is 159 Å². The number of carbonyl (C=O) groups is 1.